The molecule has 0 aliphatic rings. The van der Waals surface area contributed by atoms with Gasteiger partial charge in [0.05, 0.1) is 44.3 Å². The van der Waals surface area contributed by atoms with E-state index in [1.807, 2.05) is 39.4 Å². The summed E-state index contributed by atoms with van der Waals surface area (Å²) in [5, 5.41) is 0.804. The quantitative estimate of drug-likeness (QED) is 0.0956. The molecule has 0 fully saturated rings. The van der Waals surface area contributed by atoms with Crippen molar-refractivity contribution in [3.05, 3.63) is 91.2 Å². The number of carbonyl (C=O) groups excluding carboxylic acids is 1. The maximum atomic E-state index is 11.4. The molecule has 0 bridgehead atoms. The number of ether oxygens (including phenoxy) is 2. The van der Waals surface area contributed by atoms with Crippen molar-refractivity contribution in [1.82, 2.24) is 78.9 Å². The number of carbonyl (C=O) groups is 1. The molecular formula is C34H38Cl2I3N16O3-. The Bertz CT molecular complexity index is 2540. The molecule has 0 amide bonds. The molecule has 0 saturated carbocycles. The summed E-state index contributed by atoms with van der Waals surface area (Å²) in [5.74, 6) is 1.32. The van der Waals surface area contributed by atoms with Crippen molar-refractivity contribution in [3.63, 3.8) is 0 Å². The normalized spacial score (nSPS) is 10.1. The van der Waals surface area contributed by atoms with Crippen LogP contribution in [0.4, 0.5) is 0 Å². The van der Waals surface area contributed by atoms with Gasteiger partial charge in [-0.3, -0.25) is 4.79 Å². The van der Waals surface area contributed by atoms with E-state index in [4.69, 9.17) is 32.7 Å². The molecule has 0 radical (unpaired) electrons. The third-order valence-electron chi connectivity index (χ3n) is 6.91. The standard InChI is InChI=1S/C10H12N4O.C8H8N4O.C6H5ClN4.C5H3ClN4.C5H10O.I3/c1-4-15-7(2)8-9-10(12-5-11-8)14(3)6-13-9;1-2-5(13)6-7-8(11-3-9-6)12-4-10-7;1-11-3-10-4-5(7)8-2-9-6(4)11;6-4-3-5(9-1-7-3)10-2-8-4;1-4-6-5(2)3;1-3-2/h5-6H,2,4H2,1,3H3;3-4H,2H2,1H3,(H,9,10,11,12);2-3H,1H3;1-2H,(H,7,8,9,10);2,4H2,1,3H3;/q;;;;;-1. The fourth-order valence-corrected chi connectivity index (χ4v) is 4.79. The second-order valence-corrected chi connectivity index (χ2v) is 27.8. The monoisotopic (exact) mass is 1170 g/mol. The van der Waals surface area contributed by atoms with Crippen molar-refractivity contribution in [1.29, 1.82) is 0 Å². The summed E-state index contributed by atoms with van der Waals surface area (Å²) in [6.45, 7) is 16.1. The van der Waals surface area contributed by atoms with E-state index < -0.39 is 0 Å². The fourth-order valence-electron chi connectivity index (χ4n) is 4.43. The first-order valence-electron chi connectivity index (χ1n) is 16.8. The van der Waals surface area contributed by atoms with Crippen LogP contribution in [0, 0.1) is 0 Å². The predicted molar refractivity (Wildman–Crippen MR) is 236 cm³/mol. The van der Waals surface area contributed by atoms with Crippen LogP contribution in [0.25, 0.3) is 50.4 Å². The van der Waals surface area contributed by atoms with Crippen LogP contribution >= 0.6 is 60.4 Å². The Labute approximate surface area is 372 Å². The summed E-state index contributed by atoms with van der Waals surface area (Å²) >= 11 is 16.7. The summed E-state index contributed by atoms with van der Waals surface area (Å²) in [5.41, 5.74) is 6.42. The van der Waals surface area contributed by atoms with Crippen molar-refractivity contribution in [2.45, 2.75) is 34.1 Å². The minimum absolute atomic E-state index is 0.00310. The molecule has 0 aromatic carbocycles. The van der Waals surface area contributed by atoms with Gasteiger partial charge in [-0.1, -0.05) is 43.3 Å². The zero-order chi connectivity index (χ0) is 42.6. The van der Waals surface area contributed by atoms with Gasteiger partial charge in [0.15, 0.2) is 38.7 Å². The molecule has 0 aliphatic carbocycles. The number of ketones is 1. The number of aryl methyl sites for hydroxylation is 2. The number of nitrogens with zero attached hydrogens (tertiary/aromatic N) is 14. The summed E-state index contributed by atoms with van der Waals surface area (Å²) in [4.78, 5) is 64.6. The molecule has 8 heterocycles. The first-order valence-corrected chi connectivity index (χ1v) is 30.1. The molecular weight excluding hydrogens is 1130 g/mol. The second kappa shape index (κ2) is 25.3. The van der Waals surface area contributed by atoms with Crippen LogP contribution in [0.1, 0.15) is 50.3 Å². The van der Waals surface area contributed by atoms with Crippen LogP contribution in [0.15, 0.2) is 69.5 Å². The van der Waals surface area contributed by atoms with Gasteiger partial charge >= 0.3 is 50.5 Å². The van der Waals surface area contributed by atoms with E-state index in [1.54, 1.807) is 24.1 Å². The van der Waals surface area contributed by atoms with E-state index in [2.05, 4.69) is 120 Å². The first-order chi connectivity index (χ1) is 27.9. The van der Waals surface area contributed by atoms with E-state index in [0.29, 0.717) is 81.6 Å². The molecule has 2 N–H and O–H groups in total. The van der Waals surface area contributed by atoms with Gasteiger partial charge in [-0.25, -0.2) is 59.8 Å². The Morgan fingerprint density at radius 1 is 0.690 bits per heavy atom. The van der Waals surface area contributed by atoms with Gasteiger partial charge in [-0.15, -0.1) is 0 Å². The maximum absolute atomic E-state index is 11.4. The van der Waals surface area contributed by atoms with Crippen LogP contribution in [-0.4, -0.2) is 97.9 Å². The summed E-state index contributed by atoms with van der Waals surface area (Å²) in [6.07, 6.45) is 12.5. The molecule has 8 aromatic rings. The molecule has 308 valence electrons. The Hall–Kier alpha value is -4.28. The van der Waals surface area contributed by atoms with Crippen molar-refractivity contribution >= 4 is 117 Å². The molecule has 0 aliphatic heterocycles. The summed E-state index contributed by atoms with van der Waals surface area (Å²) in [6, 6.07) is 0. The number of allylic oxidation sites excluding steroid dienone is 1. The van der Waals surface area contributed by atoms with E-state index in [0.717, 1.165) is 29.2 Å². The van der Waals surface area contributed by atoms with Crippen molar-refractivity contribution in [2.24, 2.45) is 14.1 Å². The Kier molecular flexibility index (Phi) is 20.9. The minimum atomic E-state index is -0.00310. The van der Waals surface area contributed by atoms with Crippen molar-refractivity contribution in [3.8, 4) is 0 Å². The Balaban J connectivity index is 0.000000195. The number of aromatic nitrogens is 16. The first kappa shape index (κ1) is 48.1. The molecule has 8 aromatic heterocycles. The molecule has 24 heteroatoms. The molecule has 0 atom stereocenters. The number of fused-ring (bicyclic) bond motifs is 4. The van der Waals surface area contributed by atoms with Gasteiger partial charge in [-0.2, -0.15) is 0 Å². The third-order valence-corrected chi connectivity index (χ3v) is 7.47. The molecule has 0 spiro atoms. The number of nitrogens with one attached hydrogen (secondary N) is 2. The fraction of sp³-hybridized carbons (Fsp3) is 0.265. The zero-order valence-electron chi connectivity index (χ0n) is 32.0. The van der Waals surface area contributed by atoms with Crippen molar-refractivity contribution in [2.75, 3.05) is 13.2 Å². The van der Waals surface area contributed by atoms with E-state index in [9.17, 15) is 4.79 Å². The zero-order valence-corrected chi connectivity index (χ0v) is 40.0. The second-order valence-electron chi connectivity index (χ2n) is 10.9. The average molecular weight is 1170 g/mol. The Morgan fingerprint density at radius 3 is 1.71 bits per heavy atom. The number of rotatable bonds is 7. The topological polar surface area (TPSA) is 232 Å². The number of hydrogen-bond donors (Lipinski definition) is 2. The van der Waals surface area contributed by atoms with Crippen LogP contribution in [0.2, 0.25) is 10.3 Å². The van der Waals surface area contributed by atoms with Crippen LogP contribution in [0.3, 0.4) is 0 Å². The van der Waals surface area contributed by atoms with Gasteiger partial charge < -0.3 is 28.6 Å². The van der Waals surface area contributed by atoms with Crippen molar-refractivity contribution < 1.29 is 27.5 Å². The van der Waals surface area contributed by atoms with Gasteiger partial charge in [0.1, 0.15) is 64.5 Å². The number of halogens is 5. The average Bonchev–Trinajstić information content (AvgIpc) is 4.04. The van der Waals surface area contributed by atoms with Gasteiger partial charge in [-0.05, 0) is 20.8 Å². The van der Waals surface area contributed by atoms with E-state index >= 15 is 0 Å². The van der Waals surface area contributed by atoms with E-state index in [1.165, 1.54) is 38.0 Å². The number of H-pyrrole nitrogens is 2. The van der Waals surface area contributed by atoms with Gasteiger partial charge in [0.25, 0.3) is 0 Å². The molecule has 58 heavy (non-hydrogen) atoms. The molecule has 19 nitrogen and oxygen atoms in total. The number of Topliss-reactive ketones (excluding diaryl/α,β-unsaturated/α-hetero) is 1. The summed E-state index contributed by atoms with van der Waals surface area (Å²) in [7, 11) is 3.74. The molecule has 0 saturated heterocycles. The van der Waals surface area contributed by atoms with Crippen LogP contribution < -0.4 is 13.3 Å². The SMILES string of the molecule is C=C(C)OCC.C=C(OCC)c1ncnc2c1ncn2C.CCC(=O)c1ncnc2nc[nH]c12.Clc1ncnc2nc[nH]c12.Cn1cnc2c(Cl)ncnc21.I[I-]I. The van der Waals surface area contributed by atoms with Crippen LogP contribution in [-0.2, 0) is 23.6 Å². The van der Waals surface area contributed by atoms with Crippen LogP contribution in [0.5, 0.6) is 0 Å². The molecule has 8 rings (SSSR count). The summed E-state index contributed by atoms with van der Waals surface area (Å²) < 4.78 is 13.8. The molecule has 0 unspecified atom stereocenters. The van der Waals surface area contributed by atoms with Gasteiger partial charge in [0.2, 0.25) is 0 Å². The van der Waals surface area contributed by atoms with E-state index in [-0.39, 0.29) is 5.78 Å². The predicted octanol–water partition coefficient (Wildman–Crippen LogP) is 4.67. The third kappa shape index (κ3) is 13.9. The number of aromatic amines is 2. The number of hydrogen-bond acceptors (Lipinski definition) is 15. The Morgan fingerprint density at radius 2 is 1.17 bits per heavy atom. The number of imidazole rings is 4. The van der Waals surface area contributed by atoms with Gasteiger partial charge in [0, 0.05) is 20.5 Å².